The Labute approximate surface area is 91.4 Å². The van der Waals surface area contributed by atoms with E-state index >= 15 is 0 Å². The highest BCUT2D eigenvalue weighted by atomic mass is 16.3. The average Bonchev–Trinajstić information content (AvgIpc) is 2.59. The van der Waals surface area contributed by atoms with Crippen molar-refractivity contribution in [1.82, 2.24) is 4.98 Å². The Morgan fingerprint density at radius 2 is 2.33 bits per heavy atom. The number of hydrogen-bond acceptors (Lipinski definition) is 2. The molecule has 0 saturated carbocycles. The topological polar surface area (TPSA) is 33.1 Å². The van der Waals surface area contributed by atoms with Crippen LogP contribution >= 0.6 is 0 Å². The van der Waals surface area contributed by atoms with E-state index in [9.17, 15) is 5.11 Å². The summed E-state index contributed by atoms with van der Waals surface area (Å²) in [7, 11) is 0. The third kappa shape index (κ3) is 2.20. The van der Waals surface area contributed by atoms with Gasteiger partial charge in [0.2, 0.25) is 0 Å². The van der Waals surface area contributed by atoms with Gasteiger partial charge in [-0.3, -0.25) is 4.98 Å². The van der Waals surface area contributed by atoms with Crippen molar-refractivity contribution in [1.29, 1.82) is 0 Å². The van der Waals surface area contributed by atoms with E-state index in [1.807, 2.05) is 12.3 Å². The Hall–Kier alpha value is -0.890. The molecular weight excluding hydrogens is 186 g/mol. The first kappa shape index (κ1) is 10.6. The van der Waals surface area contributed by atoms with E-state index in [1.165, 1.54) is 5.56 Å². The lowest BCUT2D eigenvalue weighted by Gasteiger charge is -2.19. The van der Waals surface area contributed by atoms with Gasteiger partial charge in [-0.25, -0.2) is 0 Å². The van der Waals surface area contributed by atoms with Gasteiger partial charge < -0.3 is 5.11 Å². The summed E-state index contributed by atoms with van der Waals surface area (Å²) in [5.74, 6) is 0.816. The van der Waals surface area contributed by atoms with Crippen LogP contribution in [0, 0.1) is 5.92 Å². The number of aryl methyl sites for hydroxylation is 1. The second kappa shape index (κ2) is 4.31. The molecule has 15 heavy (non-hydrogen) atoms. The number of hydrogen-bond donors (Lipinski definition) is 1. The van der Waals surface area contributed by atoms with Gasteiger partial charge >= 0.3 is 0 Å². The molecule has 0 aromatic carbocycles. The van der Waals surface area contributed by atoms with Crippen LogP contribution in [0.3, 0.4) is 0 Å². The first-order valence-corrected chi connectivity index (χ1v) is 5.80. The van der Waals surface area contributed by atoms with Crippen LogP contribution in [0.15, 0.2) is 18.3 Å². The van der Waals surface area contributed by atoms with E-state index in [-0.39, 0.29) is 12.0 Å². The summed E-state index contributed by atoms with van der Waals surface area (Å²) in [5, 5.41) is 10.1. The number of nitrogens with zero attached hydrogens (tertiary/aromatic N) is 1. The van der Waals surface area contributed by atoms with Crippen LogP contribution in [0.2, 0.25) is 0 Å². The number of aliphatic hydroxyl groups excluding tert-OH is 1. The van der Waals surface area contributed by atoms with E-state index in [0.717, 1.165) is 25.0 Å². The standard InChI is InChI=1S/C13H19NO/c1-9(2)8-12(15)11-6-5-10-4-3-7-14-13(10)11/h3-4,7,9,11-12,15H,5-6,8H2,1-2H3. The Bertz CT molecular complexity index is 335. The van der Waals surface area contributed by atoms with E-state index < -0.39 is 0 Å². The quantitative estimate of drug-likeness (QED) is 0.822. The number of aliphatic hydroxyl groups is 1. The fourth-order valence-corrected chi connectivity index (χ4v) is 2.47. The van der Waals surface area contributed by atoms with Crippen molar-refractivity contribution in [2.24, 2.45) is 5.92 Å². The minimum Gasteiger partial charge on any atom is -0.392 e. The maximum atomic E-state index is 10.1. The second-order valence-electron chi connectivity index (χ2n) is 4.89. The third-order valence-corrected chi connectivity index (χ3v) is 3.18. The van der Waals surface area contributed by atoms with Crippen molar-refractivity contribution in [2.45, 2.75) is 45.1 Å². The first-order chi connectivity index (χ1) is 7.18. The summed E-state index contributed by atoms with van der Waals surface area (Å²) in [6, 6.07) is 4.11. The van der Waals surface area contributed by atoms with Crippen molar-refractivity contribution >= 4 is 0 Å². The highest BCUT2D eigenvalue weighted by Gasteiger charge is 2.29. The summed E-state index contributed by atoms with van der Waals surface area (Å²) >= 11 is 0. The molecule has 0 saturated heterocycles. The van der Waals surface area contributed by atoms with Crippen molar-refractivity contribution in [3.63, 3.8) is 0 Å². The highest BCUT2D eigenvalue weighted by Crippen LogP contribution is 2.35. The van der Waals surface area contributed by atoms with Crippen molar-refractivity contribution in [2.75, 3.05) is 0 Å². The first-order valence-electron chi connectivity index (χ1n) is 5.80. The summed E-state index contributed by atoms with van der Waals surface area (Å²) in [6.45, 7) is 4.30. The maximum Gasteiger partial charge on any atom is 0.0626 e. The molecule has 2 unspecified atom stereocenters. The molecule has 1 aliphatic carbocycles. The molecule has 0 amide bonds. The SMILES string of the molecule is CC(C)CC(O)C1CCc2cccnc21. The highest BCUT2D eigenvalue weighted by molar-refractivity contribution is 5.29. The predicted molar refractivity (Wildman–Crippen MR) is 60.8 cm³/mol. The van der Waals surface area contributed by atoms with Crippen LogP contribution in [0.5, 0.6) is 0 Å². The van der Waals surface area contributed by atoms with Gasteiger partial charge in [0.05, 0.1) is 6.10 Å². The molecule has 0 bridgehead atoms. The molecule has 1 N–H and O–H groups in total. The molecule has 1 heterocycles. The van der Waals surface area contributed by atoms with Crippen molar-refractivity contribution in [3.05, 3.63) is 29.6 Å². The monoisotopic (exact) mass is 205 g/mol. The van der Waals surface area contributed by atoms with Gasteiger partial charge in [-0.05, 0) is 36.8 Å². The summed E-state index contributed by atoms with van der Waals surface area (Å²) < 4.78 is 0. The Balaban J connectivity index is 2.13. The smallest absolute Gasteiger partial charge is 0.0626 e. The summed E-state index contributed by atoms with van der Waals surface area (Å²) in [6.07, 6.45) is 4.62. The van der Waals surface area contributed by atoms with Crippen LogP contribution in [-0.4, -0.2) is 16.2 Å². The molecule has 0 fully saturated rings. The van der Waals surface area contributed by atoms with Gasteiger partial charge in [0.25, 0.3) is 0 Å². The van der Waals surface area contributed by atoms with Gasteiger partial charge in [0.15, 0.2) is 0 Å². The van der Waals surface area contributed by atoms with Gasteiger partial charge in [0.1, 0.15) is 0 Å². The largest absolute Gasteiger partial charge is 0.392 e. The molecule has 1 aromatic rings. The number of rotatable bonds is 3. The lowest BCUT2D eigenvalue weighted by Crippen LogP contribution is -2.19. The third-order valence-electron chi connectivity index (χ3n) is 3.18. The lowest BCUT2D eigenvalue weighted by molar-refractivity contribution is 0.118. The molecule has 2 heteroatoms. The van der Waals surface area contributed by atoms with Crippen LogP contribution in [0.4, 0.5) is 0 Å². The maximum absolute atomic E-state index is 10.1. The predicted octanol–water partition coefficient (Wildman–Crippen LogP) is 2.52. The van der Waals surface area contributed by atoms with Crippen molar-refractivity contribution < 1.29 is 5.11 Å². The van der Waals surface area contributed by atoms with Gasteiger partial charge in [-0.1, -0.05) is 19.9 Å². The Morgan fingerprint density at radius 3 is 3.07 bits per heavy atom. The molecule has 1 aromatic heterocycles. The zero-order valence-electron chi connectivity index (χ0n) is 9.48. The van der Waals surface area contributed by atoms with Crippen LogP contribution < -0.4 is 0 Å². The number of aromatic nitrogens is 1. The van der Waals surface area contributed by atoms with Crippen LogP contribution in [-0.2, 0) is 6.42 Å². The van der Waals surface area contributed by atoms with E-state index in [1.54, 1.807) is 0 Å². The molecule has 2 atom stereocenters. The normalized spacial score (nSPS) is 21.7. The minimum absolute atomic E-state index is 0.221. The molecular formula is C13H19NO. The Morgan fingerprint density at radius 1 is 1.53 bits per heavy atom. The van der Waals surface area contributed by atoms with E-state index in [2.05, 4.69) is 24.9 Å². The fourth-order valence-electron chi connectivity index (χ4n) is 2.47. The molecule has 2 rings (SSSR count). The Kier molecular flexibility index (Phi) is 3.06. The van der Waals surface area contributed by atoms with Gasteiger partial charge in [-0.15, -0.1) is 0 Å². The number of pyridine rings is 1. The second-order valence-corrected chi connectivity index (χ2v) is 4.89. The van der Waals surface area contributed by atoms with E-state index in [0.29, 0.717) is 5.92 Å². The zero-order chi connectivity index (χ0) is 10.8. The molecule has 0 aliphatic heterocycles. The van der Waals surface area contributed by atoms with Crippen molar-refractivity contribution in [3.8, 4) is 0 Å². The fraction of sp³-hybridized carbons (Fsp3) is 0.615. The number of fused-ring (bicyclic) bond motifs is 1. The molecule has 0 spiro atoms. The van der Waals surface area contributed by atoms with Crippen LogP contribution in [0.1, 0.15) is 43.9 Å². The molecule has 82 valence electrons. The summed E-state index contributed by atoms with van der Waals surface area (Å²) in [4.78, 5) is 4.41. The molecule has 0 radical (unpaired) electrons. The molecule has 2 nitrogen and oxygen atoms in total. The zero-order valence-corrected chi connectivity index (χ0v) is 9.48. The van der Waals surface area contributed by atoms with Gasteiger partial charge in [-0.2, -0.15) is 0 Å². The summed E-state index contributed by atoms with van der Waals surface area (Å²) in [5.41, 5.74) is 2.45. The van der Waals surface area contributed by atoms with Gasteiger partial charge in [0, 0.05) is 17.8 Å². The average molecular weight is 205 g/mol. The van der Waals surface area contributed by atoms with E-state index in [4.69, 9.17) is 0 Å². The van der Waals surface area contributed by atoms with Crippen LogP contribution in [0.25, 0.3) is 0 Å². The lowest BCUT2D eigenvalue weighted by atomic mass is 9.92. The minimum atomic E-state index is -0.221. The molecule has 1 aliphatic rings.